The lowest BCUT2D eigenvalue weighted by atomic mass is 9.99. The van der Waals surface area contributed by atoms with Crippen molar-refractivity contribution in [2.75, 3.05) is 26.2 Å². The molecular weight excluding hydrogens is 346 g/mol. The number of benzene rings is 1. The number of nitrogens with one attached hydrogen (secondary N) is 1. The van der Waals surface area contributed by atoms with Crippen molar-refractivity contribution in [2.45, 2.75) is 50.0 Å². The molecule has 2 saturated heterocycles. The fourth-order valence-electron chi connectivity index (χ4n) is 4.35. The molecule has 2 fully saturated rings. The van der Waals surface area contributed by atoms with E-state index in [4.69, 9.17) is 0 Å². The highest BCUT2D eigenvalue weighted by Gasteiger charge is 2.35. The largest absolute Gasteiger partial charge is 0.361 e. The molecule has 1 aromatic heterocycles. The molecule has 0 amide bonds. The lowest BCUT2D eigenvalue weighted by molar-refractivity contribution is 0.179. The summed E-state index contributed by atoms with van der Waals surface area (Å²) in [7, 11) is -3.42. The van der Waals surface area contributed by atoms with Crippen LogP contribution >= 0.6 is 0 Å². The predicted molar refractivity (Wildman–Crippen MR) is 105 cm³/mol. The highest BCUT2D eigenvalue weighted by molar-refractivity contribution is 7.89. The molecule has 1 atom stereocenters. The zero-order valence-corrected chi connectivity index (χ0v) is 16.3. The maximum Gasteiger partial charge on any atom is 0.243 e. The van der Waals surface area contributed by atoms with E-state index in [2.05, 4.69) is 16.8 Å². The van der Waals surface area contributed by atoms with Crippen LogP contribution in [-0.2, 0) is 10.0 Å². The zero-order chi connectivity index (χ0) is 18.1. The van der Waals surface area contributed by atoms with Gasteiger partial charge in [0.1, 0.15) is 0 Å². The molecule has 0 bridgehead atoms. The summed E-state index contributed by atoms with van der Waals surface area (Å²) in [6, 6.07) is 7.50. The molecule has 0 aliphatic carbocycles. The molecule has 0 spiro atoms. The third-order valence-corrected chi connectivity index (χ3v) is 8.06. The summed E-state index contributed by atoms with van der Waals surface area (Å²) in [5.41, 5.74) is 0.879. The second-order valence-electron chi connectivity index (χ2n) is 7.95. The van der Waals surface area contributed by atoms with Crippen molar-refractivity contribution < 1.29 is 8.42 Å². The van der Waals surface area contributed by atoms with Gasteiger partial charge in [0.15, 0.2) is 0 Å². The van der Waals surface area contributed by atoms with Crippen LogP contribution in [-0.4, -0.2) is 54.8 Å². The number of nitrogens with zero attached hydrogens (tertiary/aromatic N) is 2. The van der Waals surface area contributed by atoms with Crippen molar-refractivity contribution >= 4 is 20.9 Å². The number of aromatic nitrogens is 1. The van der Waals surface area contributed by atoms with Crippen molar-refractivity contribution in [1.29, 1.82) is 0 Å². The van der Waals surface area contributed by atoms with Gasteiger partial charge in [-0.2, -0.15) is 4.31 Å². The predicted octanol–water partition coefficient (Wildman–Crippen LogP) is 3.44. The first-order valence-electron chi connectivity index (χ1n) is 9.85. The zero-order valence-electron chi connectivity index (χ0n) is 15.5. The smallest absolute Gasteiger partial charge is 0.243 e. The third-order valence-electron chi connectivity index (χ3n) is 6.11. The quantitative estimate of drug-likeness (QED) is 0.871. The summed E-state index contributed by atoms with van der Waals surface area (Å²) in [5, 5.41) is 1.04. The molecule has 0 unspecified atom stereocenters. The normalized spacial score (nSPS) is 23.8. The number of hydrogen-bond acceptors (Lipinski definition) is 3. The topological polar surface area (TPSA) is 56.4 Å². The van der Waals surface area contributed by atoms with Crippen molar-refractivity contribution in [3.63, 3.8) is 0 Å². The second-order valence-corrected chi connectivity index (χ2v) is 9.84. The Morgan fingerprint density at radius 2 is 1.92 bits per heavy atom. The standard InChI is InChI=1S/C20H29N3O2S/c1-16-7-12-22(13-8-16)14-9-18-3-2-11-23(18)26(24,25)19-5-4-17-6-10-21-20(17)15-19/h4-6,10,15-16,18,21H,2-3,7-9,11-14H2,1H3/t18-/m1/s1. The van der Waals surface area contributed by atoms with E-state index in [1.165, 1.54) is 12.8 Å². The molecule has 1 N–H and O–H groups in total. The Labute approximate surface area is 156 Å². The summed E-state index contributed by atoms with van der Waals surface area (Å²) in [5.74, 6) is 0.831. The van der Waals surface area contributed by atoms with Crippen LogP contribution < -0.4 is 0 Å². The molecule has 2 aliphatic heterocycles. The van der Waals surface area contributed by atoms with E-state index in [9.17, 15) is 8.42 Å². The molecule has 0 radical (unpaired) electrons. The molecule has 3 heterocycles. The average Bonchev–Trinajstić information content (AvgIpc) is 3.30. The van der Waals surface area contributed by atoms with Crippen LogP contribution in [0.4, 0.5) is 0 Å². The average molecular weight is 376 g/mol. The van der Waals surface area contributed by atoms with E-state index < -0.39 is 10.0 Å². The number of hydrogen-bond donors (Lipinski definition) is 1. The Morgan fingerprint density at radius 1 is 1.12 bits per heavy atom. The molecule has 0 saturated carbocycles. The molecule has 26 heavy (non-hydrogen) atoms. The first kappa shape index (κ1) is 18.0. The van der Waals surface area contributed by atoms with Crippen LogP contribution in [0.1, 0.15) is 39.0 Å². The molecule has 5 nitrogen and oxygen atoms in total. The minimum Gasteiger partial charge on any atom is -0.361 e. The summed E-state index contributed by atoms with van der Waals surface area (Å²) < 4.78 is 28.2. The fourth-order valence-corrected chi connectivity index (χ4v) is 6.10. The van der Waals surface area contributed by atoms with Gasteiger partial charge in [-0.1, -0.05) is 13.0 Å². The number of rotatable bonds is 5. The van der Waals surface area contributed by atoms with Gasteiger partial charge < -0.3 is 9.88 Å². The van der Waals surface area contributed by atoms with Crippen molar-refractivity contribution in [3.8, 4) is 0 Å². The Kier molecular flexibility index (Phi) is 5.08. The summed E-state index contributed by atoms with van der Waals surface area (Å²) in [6.45, 7) is 6.30. The fraction of sp³-hybridized carbons (Fsp3) is 0.600. The van der Waals surface area contributed by atoms with Gasteiger partial charge >= 0.3 is 0 Å². The number of aromatic amines is 1. The number of likely N-dealkylation sites (tertiary alicyclic amines) is 1. The van der Waals surface area contributed by atoms with Crippen molar-refractivity contribution in [3.05, 3.63) is 30.5 Å². The molecular formula is C20H29N3O2S. The number of piperidine rings is 1. The number of H-pyrrole nitrogens is 1. The van der Waals surface area contributed by atoms with Crippen LogP contribution in [0, 0.1) is 5.92 Å². The lowest BCUT2D eigenvalue weighted by Gasteiger charge is -2.32. The highest BCUT2D eigenvalue weighted by Crippen LogP contribution is 2.29. The minimum absolute atomic E-state index is 0.138. The van der Waals surface area contributed by atoms with Gasteiger partial charge in [0.2, 0.25) is 10.0 Å². The van der Waals surface area contributed by atoms with Crippen LogP contribution in [0.3, 0.4) is 0 Å². The molecule has 4 rings (SSSR count). The van der Waals surface area contributed by atoms with Gasteiger partial charge in [0, 0.05) is 24.3 Å². The SMILES string of the molecule is CC1CCN(CC[C@H]2CCCN2S(=O)(=O)c2ccc3cc[nH]c3c2)CC1. The Hall–Kier alpha value is -1.37. The third kappa shape index (κ3) is 3.55. The number of sulfonamides is 1. The second kappa shape index (κ2) is 7.33. The van der Waals surface area contributed by atoms with Crippen LogP contribution in [0.15, 0.2) is 35.4 Å². The van der Waals surface area contributed by atoms with Gasteiger partial charge in [-0.05, 0) is 81.2 Å². The Morgan fingerprint density at radius 3 is 2.73 bits per heavy atom. The van der Waals surface area contributed by atoms with E-state index in [1.54, 1.807) is 16.4 Å². The van der Waals surface area contributed by atoms with Gasteiger partial charge in [0.25, 0.3) is 0 Å². The minimum atomic E-state index is -3.42. The number of fused-ring (bicyclic) bond motifs is 1. The van der Waals surface area contributed by atoms with E-state index in [-0.39, 0.29) is 6.04 Å². The van der Waals surface area contributed by atoms with Crippen LogP contribution in [0.2, 0.25) is 0 Å². The Balaban J connectivity index is 1.46. The van der Waals surface area contributed by atoms with Crippen LogP contribution in [0.25, 0.3) is 10.9 Å². The van der Waals surface area contributed by atoms with E-state index >= 15 is 0 Å². The highest BCUT2D eigenvalue weighted by atomic mass is 32.2. The Bertz CT molecular complexity index is 853. The lowest BCUT2D eigenvalue weighted by Crippen LogP contribution is -2.40. The van der Waals surface area contributed by atoms with E-state index in [0.29, 0.717) is 11.4 Å². The molecule has 6 heteroatoms. The van der Waals surface area contributed by atoms with E-state index in [0.717, 1.165) is 55.7 Å². The van der Waals surface area contributed by atoms with Gasteiger partial charge in [-0.25, -0.2) is 8.42 Å². The monoisotopic (exact) mass is 375 g/mol. The van der Waals surface area contributed by atoms with Crippen LogP contribution in [0.5, 0.6) is 0 Å². The summed E-state index contributed by atoms with van der Waals surface area (Å²) in [4.78, 5) is 6.03. The van der Waals surface area contributed by atoms with E-state index in [1.807, 2.05) is 18.3 Å². The molecule has 2 aliphatic rings. The maximum absolute atomic E-state index is 13.2. The molecule has 1 aromatic carbocycles. The first-order valence-corrected chi connectivity index (χ1v) is 11.3. The van der Waals surface area contributed by atoms with Crippen molar-refractivity contribution in [2.24, 2.45) is 5.92 Å². The molecule has 142 valence electrons. The van der Waals surface area contributed by atoms with Gasteiger partial charge in [-0.15, -0.1) is 0 Å². The molecule has 2 aromatic rings. The summed E-state index contributed by atoms with van der Waals surface area (Å²) in [6.07, 6.45) is 7.27. The van der Waals surface area contributed by atoms with Gasteiger partial charge in [-0.3, -0.25) is 0 Å². The van der Waals surface area contributed by atoms with Gasteiger partial charge in [0.05, 0.1) is 4.90 Å². The van der Waals surface area contributed by atoms with Crippen molar-refractivity contribution in [1.82, 2.24) is 14.2 Å². The first-order chi connectivity index (χ1) is 12.5. The summed E-state index contributed by atoms with van der Waals surface area (Å²) >= 11 is 0. The maximum atomic E-state index is 13.2.